The molecule has 2 aliphatic heterocycles. The van der Waals surface area contributed by atoms with E-state index < -0.39 is 37.9 Å². The van der Waals surface area contributed by atoms with Gasteiger partial charge in [-0.25, -0.2) is 18.2 Å². The highest BCUT2D eigenvalue weighted by Gasteiger charge is 2.70. The molecule has 0 bridgehead atoms. The second kappa shape index (κ2) is 6.05. The summed E-state index contributed by atoms with van der Waals surface area (Å²) in [6, 6.07) is 1.87. The van der Waals surface area contributed by atoms with E-state index in [-0.39, 0.29) is 18.1 Å². The number of sulfone groups is 1. The molecule has 11 heteroatoms. The Kier molecular flexibility index (Phi) is 4.22. The van der Waals surface area contributed by atoms with Gasteiger partial charge in [0, 0.05) is 6.20 Å². The van der Waals surface area contributed by atoms with Crippen LogP contribution in [0.3, 0.4) is 0 Å². The molecule has 0 spiro atoms. The minimum Gasteiger partial charge on any atom is -0.480 e. The molecule has 10 nitrogen and oxygen atoms in total. The Morgan fingerprint density at radius 2 is 2.11 bits per heavy atom. The molecule has 144 valence electrons. The highest BCUT2D eigenvalue weighted by molar-refractivity contribution is 7.94. The SMILES string of the molecule is CC1(C)[C@H](C(=O)O)N2C(=O)/C(=C/c3cc(CN=C(N)N)ccn3)C2S1(=O)=O. The second-order valence-electron chi connectivity index (χ2n) is 6.88. The number of carboxylic acids is 1. The van der Waals surface area contributed by atoms with Gasteiger partial charge in [-0.3, -0.25) is 9.78 Å². The molecule has 5 N–H and O–H groups in total. The summed E-state index contributed by atoms with van der Waals surface area (Å²) in [5.74, 6) is -2.05. The van der Waals surface area contributed by atoms with Gasteiger partial charge in [0.05, 0.1) is 17.8 Å². The van der Waals surface area contributed by atoms with E-state index in [4.69, 9.17) is 11.5 Å². The summed E-state index contributed by atoms with van der Waals surface area (Å²) >= 11 is 0. The van der Waals surface area contributed by atoms with Crippen molar-refractivity contribution in [2.45, 2.75) is 36.6 Å². The zero-order chi connectivity index (χ0) is 20.1. The first kappa shape index (κ1) is 18.8. The molecule has 2 atom stereocenters. The van der Waals surface area contributed by atoms with E-state index in [1.165, 1.54) is 26.1 Å². The number of pyridine rings is 1. The number of guanidine groups is 1. The van der Waals surface area contributed by atoms with Gasteiger partial charge < -0.3 is 21.5 Å². The van der Waals surface area contributed by atoms with E-state index in [1.54, 1.807) is 12.1 Å². The molecule has 2 saturated heterocycles. The molecule has 0 aromatic carbocycles. The number of carbonyl (C=O) groups excluding carboxylic acids is 1. The first-order chi connectivity index (χ1) is 12.5. The van der Waals surface area contributed by atoms with Gasteiger partial charge in [-0.2, -0.15) is 0 Å². The number of aliphatic carboxylic acids is 1. The normalized spacial score (nSPS) is 26.4. The van der Waals surface area contributed by atoms with Crippen LogP contribution in [-0.4, -0.2) is 57.4 Å². The lowest BCUT2D eigenvalue weighted by atomic mass is 9.95. The van der Waals surface area contributed by atoms with E-state index in [9.17, 15) is 23.1 Å². The lowest BCUT2D eigenvalue weighted by Gasteiger charge is -2.37. The summed E-state index contributed by atoms with van der Waals surface area (Å²) in [5.41, 5.74) is 11.7. The minimum absolute atomic E-state index is 0.00156. The molecule has 3 rings (SSSR count). The molecule has 3 heterocycles. The third kappa shape index (κ3) is 2.74. The maximum absolute atomic E-state index is 12.8. The number of aliphatic imine (C=N–C) groups is 1. The summed E-state index contributed by atoms with van der Waals surface area (Å²) in [4.78, 5) is 32.9. The fraction of sp³-hybridized carbons (Fsp3) is 0.375. The zero-order valence-corrected chi connectivity index (χ0v) is 15.5. The van der Waals surface area contributed by atoms with Crippen molar-refractivity contribution >= 4 is 33.7 Å². The van der Waals surface area contributed by atoms with E-state index in [0.29, 0.717) is 11.3 Å². The standard InChI is InChI=1S/C16H19N5O5S/c1-16(2)11(14(23)24)21-12(22)10(13(21)27(16,25)26)6-9-5-8(3-4-19-9)7-20-15(17)18/h3-6,11,13H,7H2,1-2H3,(H,23,24)(H4,17,18,20)/b10-6-/t11-,13?/m0/s1. The molecule has 1 amide bonds. The Morgan fingerprint density at radius 1 is 1.44 bits per heavy atom. The number of fused-ring (bicyclic) bond motifs is 1. The van der Waals surface area contributed by atoms with Gasteiger partial charge in [0.25, 0.3) is 5.91 Å². The zero-order valence-electron chi connectivity index (χ0n) is 14.7. The maximum Gasteiger partial charge on any atom is 0.328 e. The summed E-state index contributed by atoms with van der Waals surface area (Å²) < 4.78 is 24.0. The van der Waals surface area contributed by atoms with Crippen LogP contribution < -0.4 is 11.5 Å². The van der Waals surface area contributed by atoms with Gasteiger partial charge in [-0.15, -0.1) is 0 Å². The van der Waals surface area contributed by atoms with Crippen molar-refractivity contribution in [3.8, 4) is 0 Å². The Balaban J connectivity index is 1.99. The Morgan fingerprint density at radius 3 is 2.70 bits per heavy atom. The molecular formula is C16H19N5O5S. The number of carbonyl (C=O) groups is 2. The topological polar surface area (TPSA) is 169 Å². The molecule has 1 aromatic heterocycles. The van der Waals surface area contributed by atoms with Crippen molar-refractivity contribution in [1.82, 2.24) is 9.88 Å². The predicted octanol–water partition coefficient (Wildman–Crippen LogP) is -0.933. The van der Waals surface area contributed by atoms with E-state index in [0.717, 1.165) is 4.90 Å². The lowest BCUT2D eigenvalue weighted by molar-refractivity contribution is -0.152. The number of aromatic nitrogens is 1. The number of β-lactam (4-membered cyclic amide) rings is 1. The minimum atomic E-state index is -3.92. The van der Waals surface area contributed by atoms with Crippen LogP contribution in [0.5, 0.6) is 0 Å². The van der Waals surface area contributed by atoms with Crippen LogP contribution in [0.25, 0.3) is 6.08 Å². The largest absolute Gasteiger partial charge is 0.480 e. The number of nitrogens with two attached hydrogens (primary N) is 2. The number of amides is 1. The van der Waals surface area contributed by atoms with Crippen molar-refractivity contribution in [3.05, 3.63) is 35.2 Å². The van der Waals surface area contributed by atoms with Crippen molar-refractivity contribution in [2.75, 3.05) is 0 Å². The number of hydrogen-bond donors (Lipinski definition) is 3. The molecule has 0 saturated carbocycles. The molecule has 0 radical (unpaired) electrons. The first-order valence-electron chi connectivity index (χ1n) is 7.99. The Hall–Kier alpha value is -2.95. The smallest absolute Gasteiger partial charge is 0.328 e. The van der Waals surface area contributed by atoms with Crippen LogP contribution in [0.2, 0.25) is 0 Å². The Labute approximate surface area is 155 Å². The van der Waals surface area contributed by atoms with E-state index in [2.05, 4.69) is 9.98 Å². The van der Waals surface area contributed by atoms with Gasteiger partial charge >= 0.3 is 5.97 Å². The van der Waals surface area contributed by atoms with E-state index in [1.807, 2.05) is 0 Å². The van der Waals surface area contributed by atoms with Gasteiger partial charge in [0.1, 0.15) is 4.75 Å². The third-order valence-corrected chi connectivity index (χ3v) is 7.55. The number of nitrogens with zero attached hydrogens (tertiary/aromatic N) is 3. The second-order valence-corrected chi connectivity index (χ2v) is 9.47. The molecule has 2 aliphatic rings. The van der Waals surface area contributed by atoms with Crippen molar-refractivity contribution in [3.63, 3.8) is 0 Å². The van der Waals surface area contributed by atoms with Crippen LogP contribution in [0.1, 0.15) is 25.1 Å². The highest BCUT2D eigenvalue weighted by atomic mass is 32.2. The summed E-state index contributed by atoms with van der Waals surface area (Å²) in [6.45, 7) is 2.84. The van der Waals surface area contributed by atoms with Gasteiger partial charge in [0.2, 0.25) is 0 Å². The molecule has 1 aromatic rings. The van der Waals surface area contributed by atoms with Crippen molar-refractivity contribution < 1.29 is 23.1 Å². The molecule has 0 aliphatic carbocycles. The monoisotopic (exact) mass is 393 g/mol. The van der Waals surface area contributed by atoms with E-state index >= 15 is 0 Å². The lowest BCUT2D eigenvalue weighted by Crippen LogP contribution is -2.58. The van der Waals surface area contributed by atoms with Crippen LogP contribution in [0, 0.1) is 0 Å². The number of rotatable bonds is 4. The Bertz CT molecular complexity index is 994. The fourth-order valence-electron chi connectivity index (χ4n) is 3.36. The fourth-order valence-corrected chi connectivity index (χ4v) is 5.48. The highest BCUT2D eigenvalue weighted by Crippen LogP contribution is 2.48. The molecule has 27 heavy (non-hydrogen) atoms. The molecule has 1 unspecified atom stereocenters. The molecule has 2 fully saturated rings. The van der Waals surface area contributed by atoms with Gasteiger partial charge in [-0.05, 0) is 37.6 Å². The summed E-state index contributed by atoms with van der Waals surface area (Å²) in [6.07, 6.45) is 2.85. The average Bonchev–Trinajstić information content (AvgIpc) is 2.72. The van der Waals surface area contributed by atoms with Crippen molar-refractivity contribution in [1.29, 1.82) is 0 Å². The van der Waals surface area contributed by atoms with Crippen LogP contribution >= 0.6 is 0 Å². The number of carboxylic acid groups (broad SMARTS) is 1. The quantitative estimate of drug-likeness (QED) is 0.255. The van der Waals surface area contributed by atoms with Crippen LogP contribution in [0.4, 0.5) is 0 Å². The van der Waals surface area contributed by atoms with Gasteiger partial charge in [-0.1, -0.05) is 0 Å². The average molecular weight is 393 g/mol. The van der Waals surface area contributed by atoms with Crippen molar-refractivity contribution in [2.24, 2.45) is 16.5 Å². The van der Waals surface area contributed by atoms with Crippen LogP contribution in [-0.2, 0) is 26.0 Å². The summed E-state index contributed by atoms with van der Waals surface area (Å²) in [5, 5.41) is 8.13. The number of hydrogen-bond acceptors (Lipinski definition) is 6. The van der Waals surface area contributed by atoms with Crippen LogP contribution in [0.15, 0.2) is 28.9 Å². The molecular weight excluding hydrogens is 374 g/mol. The van der Waals surface area contributed by atoms with Gasteiger partial charge in [0.15, 0.2) is 27.2 Å². The predicted molar refractivity (Wildman–Crippen MR) is 96.8 cm³/mol. The first-order valence-corrected chi connectivity index (χ1v) is 9.54. The summed E-state index contributed by atoms with van der Waals surface area (Å²) in [7, 11) is -3.92. The maximum atomic E-state index is 12.8. The third-order valence-electron chi connectivity index (χ3n) is 4.79.